The van der Waals surface area contributed by atoms with Gasteiger partial charge < -0.3 is 39.5 Å². The molecule has 1 aliphatic rings. The first kappa shape index (κ1) is 56.5. The maximum absolute atomic E-state index is 12.8. The topological polar surface area (TPSA) is 253 Å². The van der Waals surface area contributed by atoms with Crippen molar-refractivity contribution >= 4 is 33.4 Å². The highest BCUT2D eigenvalue weighted by molar-refractivity contribution is 7.47. The lowest BCUT2D eigenvalue weighted by Gasteiger charge is -2.20. The number of phosphoric ester groups is 2. The van der Waals surface area contributed by atoms with Crippen molar-refractivity contribution in [1.82, 2.24) is 0 Å². The lowest BCUT2D eigenvalue weighted by Crippen LogP contribution is -2.30. The molecular formula is C42H78O16P2. The molecule has 18 heteroatoms. The zero-order valence-corrected chi connectivity index (χ0v) is 38.1. The molecule has 1 unspecified atom stereocenters. The number of unbranched alkanes of at least 4 members (excludes halogenated alkanes) is 17. The maximum atomic E-state index is 12.8. The third-order valence-electron chi connectivity index (χ3n) is 10.6. The lowest BCUT2D eigenvalue weighted by molar-refractivity contribution is -0.161. The molecule has 0 heterocycles. The first-order valence-electron chi connectivity index (χ1n) is 22.5. The zero-order chi connectivity index (χ0) is 44.7. The standard InChI is InChI=1S/C42H78O16P2/c1-3-5-7-8-9-10-11-12-13-14-15-16-21-25-41(47)54-32-36(33-57-60(52,53)56-31-35(44)30-55-59(49,50)51)58-42(48)26-22-18-17-20-24-37-38(40(46)29-39(37)45)28-27-34(43)23-19-6-4-2/h27-28,34-39,43-45H,3-26,29-33H2,1-2H3,(H,52,53)(H2,49,50,51)/b28-27+/t34-,35-,36+,37+,38+,39-/m0/s1. The van der Waals surface area contributed by atoms with Crippen LogP contribution in [0.2, 0.25) is 0 Å². The number of aliphatic hydroxyl groups excluding tert-OH is 3. The van der Waals surface area contributed by atoms with Gasteiger partial charge in [-0.05, 0) is 31.6 Å². The average Bonchev–Trinajstić information content (AvgIpc) is 3.46. The highest BCUT2D eigenvalue weighted by Gasteiger charge is 2.39. The molecule has 0 amide bonds. The smallest absolute Gasteiger partial charge is 0.462 e. The Morgan fingerprint density at radius 3 is 1.77 bits per heavy atom. The molecule has 7 atom stereocenters. The van der Waals surface area contributed by atoms with Crippen LogP contribution >= 0.6 is 15.6 Å². The quantitative estimate of drug-likeness (QED) is 0.0148. The molecule has 0 spiro atoms. The molecular weight excluding hydrogens is 822 g/mol. The second-order valence-corrected chi connectivity index (χ2v) is 18.8. The van der Waals surface area contributed by atoms with E-state index in [2.05, 4.69) is 22.9 Å². The number of rotatable bonds is 39. The number of aliphatic hydroxyl groups is 3. The SMILES string of the molecule is CCCCCCCCCCCCCCCC(=O)OC[C@H](COP(=O)(O)OC[C@@H](O)COP(=O)(O)O)OC(=O)CCCCCC[C@H]1[C@@H](O)CC(=O)[C@@H]1/C=C/[C@@H](O)CCCCC. The minimum Gasteiger partial charge on any atom is -0.462 e. The number of esters is 2. The Morgan fingerprint density at radius 2 is 1.18 bits per heavy atom. The highest BCUT2D eigenvalue weighted by Crippen LogP contribution is 2.44. The molecule has 60 heavy (non-hydrogen) atoms. The summed E-state index contributed by atoms with van der Waals surface area (Å²) in [6.45, 7) is 1.40. The van der Waals surface area contributed by atoms with Gasteiger partial charge in [-0.25, -0.2) is 9.13 Å². The summed E-state index contributed by atoms with van der Waals surface area (Å²) < 4.78 is 47.8. The molecule has 1 rings (SSSR count). The van der Waals surface area contributed by atoms with E-state index in [1.807, 2.05) is 0 Å². The number of hydrogen-bond donors (Lipinski definition) is 6. The molecule has 1 saturated carbocycles. The van der Waals surface area contributed by atoms with E-state index >= 15 is 0 Å². The van der Waals surface area contributed by atoms with Gasteiger partial charge in [0.1, 0.15) is 18.5 Å². The van der Waals surface area contributed by atoms with E-state index in [4.69, 9.17) is 23.8 Å². The molecule has 0 aliphatic heterocycles. The first-order chi connectivity index (χ1) is 28.6. The van der Waals surface area contributed by atoms with Crippen molar-refractivity contribution < 1.29 is 76.6 Å². The summed E-state index contributed by atoms with van der Waals surface area (Å²) in [6, 6.07) is 0. The fraction of sp³-hybridized carbons (Fsp3) is 0.881. The van der Waals surface area contributed by atoms with Crippen LogP contribution in [0.5, 0.6) is 0 Å². The minimum absolute atomic E-state index is 0.00568. The van der Waals surface area contributed by atoms with Crippen molar-refractivity contribution in [2.45, 2.75) is 199 Å². The van der Waals surface area contributed by atoms with Gasteiger partial charge in [0.15, 0.2) is 6.10 Å². The Bertz CT molecular complexity index is 1280. The molecule has 0 aromatic carbocycles. The number of Topliss-reactive ketones (excluding diaryl/α,β-unsaturated/α-hetero) is 1. The molecule has 0 bridgehead atoms. The summed E-state index contributed by atoms with van der Waals surface area (Å²) in [5.74, 6) is -1.90. The predicted octanol–water partition coefficient (Wildman–Crippen LogP) is 7.93. The number of hydrogen-bond acceptors (Lipinski definition) is 13. The molecule has 352 valence electrons. The van der Waals surface area contributed by atoms with Crippen LogP contribution in [-0.4, -0.2) is 98.6 Å². The maximum Gasteiger partial charge on any atom is 0.472 e. The molecule has 6 N–H and O–H groups in total. The van der Waals surface area contributed by atoms with Gasteiger partial charge >= 0.3 is 27.6 Å². The molecule has 1 fully saturated rings. The lowest BCUT2D eigenvalue weighted by atomic mass is 9.88. The van der Waals surface area contributed by atoms with Gasteiger partial charge in [0.05, 0.1) is 32.0 Å². The van der Waals surface area contributed by atoms with Crippen LogP contribution in [0.25, 0.3) is 0 Å². The van der Waals surface area contributed by atoms with Crippen molar-refractivity contribution in [3.63, 3.8) is 0 Å². The van der Waals surface area contributed by atoms with Crippen molar-refractivity contribution in [2.24, 2.45) is 11.8 Å². The van der Waals surface area contributed by atoms with E-state index in [0.717, 1.165) is 44.9 Å². The van der Waals surface area contributed by atoms with Crippen LogP contribution in [-0.2, 0) is 46.6 Å². The summed E-state index contributed by atoms with van der Waals surface area (Å²) >= 11 is 0. The van der Waals surface area contributed by atoms with E-state index in [9.17, 15) is 43.7 Å². The van der Waals surface area contributed by atoms with Gasteiger partial charge in [0.25, 0.3) is 0 Å². The molecule has 16 nitrogen and oxygen atoms in total. The summed E-state index contributed by atoms with van der Waals surface area (Å²) in [7, 11) is -9.76. The normalized spacial score (nSPS) is 19.7. The van der Waals surface area contributed by atoms with Gasteiger partial charge in [0.2, 0.25) is 0 Å². The van der Waals surface area contributed by atoms with Crippen molar-refractivity contribution in [3.8, 4) is 0 Å². The Labute approximate surface area is 358 Å². The average molecular weight is 901 g/mol. The monoisotopic (exact) mass is 900 g/mol. The van der Waals surface area contributed by atoms with E-state index < -0.39 is 84.3 Å². The van der Waals surface area contributed by atoms with Crippen molar-refractivity contribution in [3.05, 3.63) is 12.2 Å². The van der Waals surface area contributed by atoms with E-state index in [1.54, 1.807) is 12.2 Å². The van der Waals surface area contributed by atoms with Gasteiger partial charge in [-0.1, -0.05) is 142 Å². The van der Waals surface area contributed by atoms with Crippen LogP contribution < -0.4 is 0 Å². The predicted molar refractivity (Wildman–Crippen MR) is 226 cm³/mol. The second kappa shape index (κ2) is 33.9. The Hall–Kier alpha value is -1.55. The molecule has 0 aromatic rings. The zero-order valence-electron chi connectivity index (χ0n) is 36.3. The first-order valence-corrected chi connectivity index (χ1v) is 25.5. The fourth-order valence-corrected chi connectivity index (χ4v) is 8.23. The van der Waals surface area contributed by atoms with Crippen LogP contribution in [0, 0.1) is 11.8 Å². The number of carbonyl (C=O) groups is 3. The van der Waals surface area contributed by atoms with Gasteiger partial charge in [-0.2, -0.15) is 0 Å². The minimum atomic E-state index is -4.89. The number of carbonyl (C=O) groups excluding carboxylic acids is 3. The Balaban J connectivity index is 2.54. The van der Waals surface area contributed by atoms with Gasteiger partial charge in [-0.15, -0.1) is 0 Å². The third-order valence-corrected chi connectivity index (χ3v) is 12.0. The molecule has 1 aliphatic carbocycles. The largest absolute Gasteiger partial charge is 0.472 e. The molecule has 0 aromatic heterocycles. The van der Waals surface area contributed by atoms with E-state index in [1.165, 1.54) is 57.8 Å². The van der Waals surface area contributed by atoms with Crippen LogP contribution in [0.3, 0.4) is 0 Å². The van der Waals surface area contributed by atoms with Crippen molar-refractivity contribution in [2.75, 3.05) is 26.4 Å². The highest BCUT2D eigenvalue weighted by atomic mass is 31.2. The van der Waals surface area contributed by atoms with Gasteiger partial charge in [0, 0.05) is 25.2 Å². The number of ketones is 1. The van der Waals surface area contributed by atoms with E-state index in [-0.39, 0.29) is 31.0 Å². The summed E-state index contributed by atoms with van der Waals surface area (Å²) in [6.07, 6.45) is 21.1. The summed E-state index contributed by atoms with van der Waals surface area (Å²) in [5.41, 5.74) is 0. The van der Waals surface area contributed by atoms with Crippen molar-refractivity contribution in [1.29, 1.82) is 0 Å². The number of allylic oxidation sites excluding steroid dienone is 1. The van der Waals surface area contributed by atoms with Crippen LogP contribution in [0.15, 0.2) is 12.2 Å². The van der Waals surface area contributed by atoms with Gasteiger partial charge in [-0.3, -0.25) is 28.0 Å². The van der Waals surface area contributed by atoms with E-state index in [0.29, 0.717) is 38.5 Å². The fourth-order valence-electron chi connectivity index (χ4n) is 7.08. The Kier molecular flexibility index (Phi) is 31.9. The molecule has 0 saturated heterocycles. The number of phosphoric acid groups is 2. The summed E-state index contributed by atoms with van der Waals surface area (Å²) in [4.78, 5) is 65.4. The Morgan fingerprint density at radius 1 is 0.683 bits per heavy atom. The summed E-state index contributed by atoms with van der Waals surface area (Å²) in [5, 5.41) is 30.5. The third kappa shape index (κ3) is 30.5. The number of ether oxygens (including phenoxy) is 2. The van der Waals surface area contributed by atoms with Crippen LogP contribution in [0.1, 0.15) is 174 Å². The molecule has 0 radical (unpaired) electrons. The second-order valence-electron chi connectivity index (χ2n) is 16.1. The van der Waals surface area contributed by atoms with Crippen LogP contribution in [0.4, 0.5) is 0 Å².